The molecule has 0 aliphatic carbocycles. The molecular formula is C18H16ClN7O. The number of nitrogens with zero attached hydrogens (tertiary/aromatic N) is 4. The summed E-state index contributed by atoms with van der Waals surface area (Å²) in [6, 6.07) is 8.35. The third-order valence-corrected chi connectivity index (χ3v) is 4.07. The number of hydrogen-bond donors (Lipinski definition) is 3. The first kappa shape index (κ1) is 18.4. The maximum atomic E-state index is 12.2. The number of aromatic amines is 1. The number of H-pyrrole nitrogens is 1. The monoisotopic (exact) mass is 381 g/mol. The van der Waals surface area contributed by atoms with E-state index in [0.717, 1.165) is 11.3 Å². The summed E-state index contributed by atoms with van der Waals surface area (Å²) in [5, 5.41) is 21.6. The normalized spacial score (nSPS) is 11.4. The third-order valence-electron chi connectivity index (χ3n) is 3.79. The van der Waals surface area contributed by atoms with E-state index in [1.54, 1.807) is 36.7 Å². The summed E-state index contributed by atoms with van der Waals surface area (Å²) in [4.78, 5) is 20.8. The number of anilines is 2. The Balaban J connectivity index is 1.80. The van der Waals surface area contributed by atoms with E-state index in [2.05, 4.69) is 30.8 Å². The maximum Gasteiger partial charge on any atom is 0.252 e. The zero-order valence-electron chi connectivity index (χ0n) is 14.4. The number of carbonyl (C=O) groups is 1. The van der Waals surface area contributed by atoms with E-state index in [-0.39, 0.29) is 5.91 Å². The number of benzene rings is 1. The van der Waals surface area contributed by atoms with Gasteiger partial charge in [-0.25, -0.2) is 9.97 Å². The molecule has 0 aliphatic rings. The molecule has 0 bridgehead atoms. The molecule has 0 fully saturated rings. The lowest BCUT2D eigenvalue weighted by atomic mass is 10.1. The predicted molar refractivity (Wildman–Crippen MR) is 102 cm³/mol. The SMILES string of the molecule is CC[C@@H](C#N)NC(=O)c1ccc(-c2nc(Nc3cn[nH]c3)ncc2Cl)cc1. The van der Waals surface area contributed by atoms with Crippen LogP contribution in [0.15, 0.2) is 42.9 Å². The fourth-order valence-electron chi connectivity index (χ4n) is 2.32. The summed E-state index contributed by atoms with van der Waals surface area (Å²) < 4.78 is 0. The van der Waals surface area contributed by atoms with Gasteiger partial charge in [0.25, 0.3) is 5.91 Å². The van der Waals surface area contributed by atoms with Gasteiger partial charge in [-0.05, 0) is 18.6 Å². The van der Waals surface area contributed by atoms with Crippen LogP contribution in [0.25, 0.3) is 11.3 Å². The minimum absolute atomic E-state index is 0.300. The number of rotatable bonds is 6. The van der Waals surface area contributed by atoms with E-state index in [4.69, 9.17) is 16.9 Å². The average molecular weight is 382 g/mol. The van der Waals surface area contributed by atoms with Crippen LogP contribution >= 0.6 is 11.6 Å². The highest BCUT2D eigenvalue weighted by Gasteiger charge is 2.13. The van der Waals surface area contributed by atoms with Crippen LogP contribution in [0.5, 0.6) is 0 Å². The molecule has 1 amide bonds. The van der Waals surface area contributed by atoms with E-state index in [9.17, 15) is 4.79 Å². The van der Waals surface area contributed by atoms with E-state index >= 15 is 0 Å². The van der Waals surface area contributed by atoms with Gasteiger partial charge in [0.1, 0.15) is 6.04 Å². The number of carbonyl (C=O) groups excluding carboxylic acids is 1. The van der Waals surface area contributed by atoms with Crippen LogP contribution in [-0.2, 0) is 0 Å². The number of nitriles is 1. The Labute approximate surface area is 160 Å². The highest BCUT2D eigenvalue weighted by molar-refractivity contribution is 6.32. The molecule has 3 N–H and O–H groups in total. The molecule has 0 saturated heterocycles. The van der Waals surface area contributed by atoms with E-state index in [1.165, 1.54) is 6.20 Å². The van der Waals surface area contributed by atoms with Gasteiger partial charge in [0.2, 0.25) is 5.95 Å². The summed E-state index contributed by atoms with van der Waals surface area (Å²) in [5.74, 6) is 0.0727. The lowest BCUT2D eigenvalue weighted by molar-refractivity contribution is 0.0944. The fraction of sp³-hybridized carbons (Fsp3) is 0.167. The standard InChI is InChI=1S/C18H16ClN7O/c1-2-13(7-20)24-17(27)12-5-3-11(4-6-12)16-15(19)10-21-18(26-16)25-14-8-22-23-9-14/h3-6,8-10,13H,2H2,1H3,(H,22,23)(H,24,27)(H,21,25,26)/t13-/m0/s1. The zero-order chi connectivity index (χ0) is 19.2. The quantitative estimate of drug-likeness (QED) is 0.602. The molecule has 0 unspecified atom stereocenters. The lowest BCUT2D eigenvalue weighted by Crippen LogP contribution is -2.33. The Kier molecular flexibility index (Phi) is 5.64. The molecule has 9 heteroatoms. The molecule has 0 saturated carbocycles. The first-order valence-corrected chi connectivity index (χ1v) is 8.57. The number of hydrogen-bond acceptors (Lipinski definition) is 6. The zero-order valence-corrected chi connectivity index (χ0v) is 15.2. The third kappa shape index (κ3) is 4.40. The van der Waals surface area contributed by atoms with Crippen molar-refractivity contribution in [3.05, 3.63) is 53.4 Å². The number of aromatic nitrogens is 4. The Bertz CT molecular complexity index is 964. The summed E-state index contributed by atoms with van der Waals surface area (Å²) >= 11 is 6.23. The average Bonchev–Trinajstić information content (AvgIpc) is 3.20. The van der Waals surface area contributed by atoms with Gasteiger partial charge in [0.05, 0.1) is 34.9 Å². The van der Waals surface area contributed by atoms with E-state index in [0.29, 0.717) is 28.6 Å². The van der Waals surface area contributed by atoms with Crippen molar-refractivity contribution in [3.8, 4) is 17.3 Å². The fourth-order valence-corrected chi connectivity index (χ4v) is 2.52. The summed E-state index contributed by atoms with van der Waals surface area (Å²) in [7, 11) is 0. The van der Waals surface area contributed by atoms with Crippen molar-refractivity contribution in [2.75, 3.05) is 5.32 Å². The van der Waals surface area contributed by atoms with Crippen molar-refractivity contribution in [1.29, 1.82) is 5.26 Å². The first-order valence-electron chi connectivity index (χ1n) is 8.20. The summed E-state index contributed by atoms with van der Waals surface area (Å²) in [5.41, 5.74) is 2.45. The molecule has 0 aliphatic heterocycles. The molecule has 0 radical (unpaired) electrons. The second-order valence-electron chi connectivity index (χ2n) is 5.64. The van der Waals surface area contributed by atoms with Crippen molar-refractivity contribution >= 4 is 29.1 Å². The summed E-state index contributed by atoms with van der Waals surface area (Å²) in [6.07, 6.45) is 5.33. The van der Waals surface area contributed by atoms with Gasteiger partial charge >= 0.3 is 0 Å². The maximum absolute atomic E-state index is 12.2. The summed E-state index contributed by atoms with van der Waals surface area (Å²) in [6.45, 7) is 1.84. The van der Waals surface area contributed by atoms with Crippen LogP contribution in [0.4, 0.5) is 11.6 Å². The number of halogens is 1. The molecule has 1 atom stereocenters. The smallest absolute Gasteiger partial charge is 0.252 e. The van der Waals surface area contributed by atoms with Crippen LogP contribution in [0.2, 0.25) is 5.02 Å². The van der Waals surface area contributed by atoms with E-state index in [1.807, 2.05) is 13.0 Å². The van der Waals surface area contributed by atoms with Gasteiger partial charge in [-0.3, -0.25) is 9.89 Å². The second kappa shape index (κ2) is 8.29. The minimum Gasteiger partial charge on any atom is -0.336 e. The second-order valence-corrected chi connectivity index (χ2v) is 6.05. The van der Waals surface area contributed by atoms with Crippen LogP contribution in [0.3, 0.4) is 0 Å². The van der Waals surface area contributed by atoms with Crippen LogP contribution < -0.4 is 10.6 Å². The van der Waals surface area contributed by atoms with Crippen molar-refractivity contribution in [1.82, 2.24) is 25.5 Å². The first-order chi connectivity index (χ1) is 13.1. The van der Waals surface area contributed by atoms with Crippen LogP contribution in [0, 0.1) is 11.3 Å². The molecule has 0 spiro atoms. The largest absolute Gasteiger partial charge is 0.336 e. The molecule has 3 aromatic rings. The Morgan fingerprint density at radius 1 is 1.33 bits per heavy atom. The van der Waals surface area contributed by atoms with Gasteiger partial charge < -0.3 is 10.6 Å². The van der Waals surface area contributed by atoms with Gasteiger partial charge in [-0.1, -0.05) is 30.7 Å². The van der Waals surface area contributed by atoms with Crippen molar-refractivity contribution < 1.29 is 4.79 Å². The van der Waals surface area contributed by atoms with Crippen LogP contribution in [-0.4, -0.2) is 32.1 Å². The van der Waals surface area contributed by atoms with Gasteiger partial charge in [-0.2, -0.15) is 10.4 Å². The highest BCUT2D eigenvalue weighted by Crippen LogP contribution is 2.27. The minimum atomic E-state index is -0.509. The molecule has 27 heavy (non-hydrogen) atoms. The molecule has 8 nitrogen and oxygen atoms in total. The Morgan fingerprint density at radius 2 is 2.11 bits per heavy atom. The molecule has 2 aromatic heterocycles. The molecular weight excluding hydrogens is 366 g/mol. The molecule has 3 rings (SSSR count). The van der Waals surface area contributed by atoms with Crippen molar-refractivity contribution in [2.45, 2.75) is 19.4 Å². The van der Waals surface area contributed by atoms with Gasteiger partial charge in [0.15, 0.2) is 0 Å². The van der Waals surface area contributed by atoms with Crippen molar-refractivity contribution in [3.63, 3.8) is 0 Å². The van der Waals surface area contributed by atoms with Crippen LogP contribution in [0.1, 0.15) is 23.7 Å². The molecule has 136 valence electrons. The van der Waals surface area contributed by atoms with Crippen molar-refractivity contribution in [2.24, 2.45) is 0 Å². The lowest BCUT2D eigenvalue weighted by Gasteiger charge is -2.10. The van der Waals surface area contributed by atoms with Gasteiger partial charge in [-0.15, -0.1) is 0 Å². The Morgan fingerprint density at radius 3 is 2.74 bits per heavy atom. The predicted octanol–water partition coefficient (Wildman–Crippen LogP) is 3.30. The number of nitrogens with one attached hydrogen (secondary N) is 3. The van der Waals surface area contributed by atoms with Gasteiger partial charge in [0, 0.05) is 17.3 Å². The molecule has 2 heterocycles. The topological polar surface area (TPSA) is 119 Å². The van der Waals surface area contributed by atoms with E-state index < -0.39 is 6.04 Å². The Hall–Kier alpha value is -3.44. The highest BCUT2D eigenvalue weighted by atomic mass is 35.5. The number of amides is 1. The molecule has 1 aromatic carbocycles.